The second kappa shape index (κ2) is 5.03. The first-order chi connectivity index (χ1) is 8.74. The van der Waals surface area contributed by atoms with Crippen LogP contribution < -0.4 is 5.32 Å². The summed E-state index contributed by atoms with van der Waals surface area (Å²) < 4.78 is 7.95. The molecule has 0 aliphatic carbocycles. The number of halogens is 1. The van der Waals surface area contributed by atoms with E-state index in [4.69, 9.17) is 4.74 Å². The zero-order valence-corrected chi connectivity index (χ0v) is 13.2. The number of amides is 1. The summed E-state index contributed by atoms with van der Waals surface area (Å²) in [5.41, 5.74) is -0.445. The summed E-state index contributed by atoms with van der Waals surface area (Å²) in [5.74, 6) is 0.802. The number of anilines is 1. The summed E-state index contributed by atoms with van der Waals surface area (Å²) in [7, 11) is 1.86. The van der Waals surface area contributed by atoms with Gasteiger partial charge in [-0.2, -0.15) is 5.10 Å². The van der Waals surface area contributed by atoms with Crippen LogP contribution in [0.3, 0.4) is 0 Å². The molecule has 0 spiro atoms. The molecular formula is C12H19BrN4O2. The van der Waals surface area contributed by atoms with Gasteiger partial charge in [0.15, 0.2) is 5.82 Å². The molecule has 0 bridgehead atoms. The summed E-state index contributed by atoms with van der Waals surface area (Å²) in [5, 5.41) is 7.57. The maximum atomic E-state index is 11.8. The molecule has 19 heavy (non-hydrogen) atoms. The third-order valence-corrected chi connectivity index (χ3v) is 3.24. The van der Waals surface area contributed by atoms with Crippen LogP contribution in [0.4, 0.5) is 10.6 Å². The van der Waals surface area contributed by atoms with E-state index < -0.39 is 5.60 Å². The third kappa shape index (κ3) is 3.62. The van der Waals surface area contributed by atoms with Gasteiger partial charge in [-0.15, -0.1) is 0 Å². The lowest BCUT2D eigenvalue weighted by Crippen LogP contribution is -2.58. The monoisotopic (exact) mass is 330 g/mol. The SMILES string of the molecule is Cn1cc(Br)c(NC2CN(C(=O)OC(C)(C)C)C2)n1. The molecule has 1 aromatic heterocycles. The predicted molar refractivity (Wildman–Crippen MR) is 76.1 cm³/mol. The minimum atomic E-state index is -0.445. The summed E-state index contributed by atoms with van der Waals surface area (Å²) in [6, 6.07) is 0.221. The predicted octanol–water partition coefficient (Wildman–Crippen LogP) is 2.21. The zero-order chi connectivity index (χ0) is 14.2. The molecule has 2 heterocycles. The minimum Gasteiger partial charge on any atom is -0.444 e. The van der Waals surface area contributed by atoms with Crippen LogP contribution in [0.25, 0.3) is 0 Å². The standard InChI is InChI=1S/C12H19BrN4O2/c1-12(2,3)19-11(18)17-5-8(6-17)14-10-9(13)7-16(4)15-10/h7-8H,5-6H2,1-4H3,(H,14,15). The summed E-state index contributed by atoms with van der Waals surface area (Å²) in [6.45, 7) is 6.87. The molecule has 106 valence electrons. The highest BCUT2D eigenvalue weighted by Crippen LogP contribution is 2.23. The maximum Gasteiger partial charge on any atom is 0.410 e. The summed E-state index contributed by atoms with van der Waals surface area (Å²) in [6.07, 6.45) is 1.62. The van der Waals surface area contributed by atoms with E-state index in [0.29, 0.717) is 13.1 Å². The highest BCUT2D eigenvalue weighted by molar-refractivity contribution is 9.10. The number of carbonyl (C=O) groups is 1. The van der Waals surface area contributed by atoms with Crippen LogP contribution in [-0.4, -0.2) is 45.5 Å². The largest absolute Gasteiger partial charge is 0.444 e. The second-order valence-corrected chi connectivity index (χ2v) is 6.58. The second-order valence-electron chi connectivity index (χ2n) is 5.73. The molecule has 0 unspecified atom stereocenters. The number of nitrogens with one attached hydrogen (secondary N) is 1. The van der Waals surface area contributed by atoms with E-state index in [0.717, 1.165) is 10.3 Å². The van der Waals surface area contributed by atoms with Gasteiger partial charge >= 0.3 is 6.09 Å². The molecule has 1 fully saturated rings. The molecule has 1 amide bonds. The van der Waals surface area contributed by atoms with Crippen LogP contribution in [0.2, 0.25) is 0 Å². The molecule has 0 saturated carbocycles. The van der Waals surface area contributed by atoms with Gasteiger partial charge in [-0.1, -0.05) is 0 Å². The van der Waals surface area contributed by atoms with Gasteiger partial charge in [0.1, 0.15) is 5.60 Å². The molecule has 1 saturated heterocycles. The number of carbonyl (C=O) groups excluding carboxylic acids is 1. The fourth-order valence-corrected chi connectivity index (χ4v) is 2.29. The highest BCUT2D eigenvalue weighted by Gasteiger charge is 2.34. The van der Waals surface area contributed by atoms with E-state index in [2.05, 4.69) is 26.3 Å². The van der Waals surface area contributed by atoms with Gasteiger partial charge in [0.05, 0.1) is 10.5 Å². The maximum absolute atomic E-state index is 11.8. The third-order valence-electron chi connectivity index (χ3n) is 2.66. The summed E-state index contributed by atoms with van der Waals surface area (Å²) >= 11 is 3.43. The van der Waals surface area contributed by atoms with Crippen molar-refractivity contribution >= 4 is 27.8 Å². The van der Waals surface area contributed by atoms with Crippen LogP contribution in [0.1, 0.15) is 20.8 Å². The number of aromatic nitrogens is 2. The number of hydrogen-bond acceptors (Lipinski definition) is 4. The Morgan fingerprint density at radius 1 is 1.53 bits per heavy atom. The van der Waals surface area contributed by atoms with E-state index in [1.54, 1.807) is 9.58 Å². The molecule has 0 aromatic carbocycles. The smallest absolute Gasteiger partial charge is 0.410 e. The highest BCUT2D eigenvalue weighted by atomic mass is 79.9. The molecule has 0 atom stereocenters. The lowest BCUT2D eigenvalue weighted by molar-refractivity contribution is 0.0104. The fourth-order valence-electron chi connectivity index (χ4n) is 1.80. The number of nitrogens with zero attached hydrogens (tertiary/aromatic N) is 3. The van der Waals surface area contributed by atoms with E-state index >= 15 is 0 Å². The van der Waals surface area contributed by atoms with Crippen molar-refractivity contribution in [2.24, 2.45) is 7.05 Å². The molecule has 2 rings (SSSR count). The Hall–Kier alpha value is -1.24. The first-order valence-corrected chi connectivity index (χ1v) is 6.97. The van der Waals surface area contributed by atoms with Crippen molar-refractivity contribution in [2.75, 3.05) is 18.4 Å². The topological polar surface area (TPSA) is 59.4 Å². The average molecular weight is 331 g/mol. The van der Waals surface area contributed by atoms with E-state index in [-0.39, 0.29) is 12.1 Å². The van der Waals surface area contributed by atoms with Crippen molar-refractivity contribution in [3.8, 4) is 0 Å². The van der Waals surface area contributed by atoms with Crippen molar-refractivity contribution in [1.82, 2.24) is 14.7 Å². The van der Waals surface area contributed by atoms with Gasteiger partial charge in [-0.25, -0.2) is 4.79 Å². The van der Waals surface area contributed by atoms with Crippen LogP contribution in [-0.2, 0) is 11.8 Å². The van der Waals surface area contributed by atoms with Crippen molar-refractivity contribution in [2.45, 2.75) is 32.4 Å². The van der Waals surface area contributed by atoms with E-state index in [9.17, 15) is 4.79 Å². The van der Waals surface area contributed by atoms with Gasteiger partial charge in [0, 0.05) is 26.3 Å². The lowest BCUT2D eigenvalue weighted by atomic mass is 10.1. The first kappa shape index (κ1) is 14.2. The molecule has 1 aromatic rings. The molecule has 6 nitrogen and oxygen atoms in total. The Morgan fingerprint density at radius 2 is 2.16 bits per heavy atom. The Bertz CT molecular complexity index is 475. The van der Waals surface area contributed by atoms with Gasteiger partial charge in [0.2, 0.25) is 0 Å². The molecule has 7 heteroatoms. The van der Waals surface area contributed by atoms with Crippen molar-refractivity contribution in [3.63, 3.8) is 0 Å². The molecular weight excluding hydrogens is 312 g/mol. The van der Waals surface area contributed by atoms with Crippen LogP contribution >= 0.6 is 15.9 Å². The van der Waals surface area contributed by atoms with Crippen LogP contribution in [0.15, 0.2) is 10.7 Å². The number of ether oxygens (including phenoxy) is 1. The number of rotatable bonds is 2. The van der Waals surface area contributed by atoms with Crippen molar-refractivity contribution < 1.29 is 9.53 Å². The Kier molecular flexibility index (Phi) is 3.75. The number of likely N-dealkylation sites (tertiary alicyclic amines) is 1. The Morgan fingerprint density at radius 3 is 2.63 bits per heavy atom. The zero-order valence-electron chi connectivity index (χ0n) is 11.6. The normalized spacial score (nSPS) is 16.2. The Balaban J connectivity index is 1.80. The van der Waals surface area contributed by atoms with Crippen LogP contribution in [0, 0.1) is 0 Å². The van der Waals surface area contributed by atoms with Crippen LogP contribution in [0.5, 0.6) is 0 Å². The van der Waals surface area contributed by atoms with Gasteiger partial charge < -0.3 is 15.0 Å². The fraction of sp³-hybridized carbons (Fsp3) is 0.667. The summed E-state index contributed by atoms with van der Waals surface area (Å²) in [4.78, 5) is 13.4. The van der Waals surface area contributed by atoms with E-state index in [1.165, 1.54) is 0 Å². The molecule has 0 radical (unpaired) electrons. The first-order valence-electron chi connectivity index (χ1n) is 6.18. The average Bonchev–Trinajstić information content (AvgIpc) is 2.47. The molecule has 1 aliphatic rings. The Labute approximate surface area is 121 Å². The van der Waals surface area contributed by atoms with Crippen molar-refractivity contribution in [1.29, 1.82) is 0 Å². The quantitative estimate of drug-likeness (QED) is 0.903. The molecule has 1 aliphatic heterocycles. The van der Waals surface area contributed by atoms with Gasteiger partial charge in [0.25, 0.3) is 0 Å². The minimum absolute atomic E-state index is 0.221. The molecule has 1 N–H and O–H groups in total. The number of aryl methyl sites for hydroxylation is 1. The van der Waals surface area contributed by atoms with Crippen molar-refractivity contribution in [3.05, 3.63) is 10.7 Å². The lowest BCUT2D eigenvalue weighted by Gasteiger charge is -2.40. The van der Waals surface area contributed by atoms with Gasteiger partial charge in [-0.05, 0) is 36.7 Å². The van der Waals surface area contributed by atoms with E-state index in [1.807, 2.05) is 34.0 Å². The van der Waals surface area contributed by atoms with Gasteiger partial charge in [-0.3, -0.25) is 4.68 Å². The number of hydrogen-bond donors (Lipinski definition) is 1.